The second kappa shape index (κ2) is 4.58. The van der Waals surface area contributed by atoms with Crippen LogP contribution in [0.1, 0.15) is 0 Å². The Labute approximate surface area is 97.9 Å². The van der Waals surface area contributed by atoms with E-state index in [9.17, 15) is 5.11 Å². The van der Waals surface area contributed by atoms with Crippen molar-refractivity contribution in [2.45, 2.75) is 12.1 Å². The molecule has 0 aliphatic carbocycles. The third kappa shape index (κ3) is 2.55. The van der Waals surface area contributed by atoms with Gasteiger partial charge in [0.15, 0.2) is 0 Å². The van der Waals surface area contributed by atoms with Gasteiger partial charge in [-0.25, -0.2) is 0 Å². The highest BCUT2D eigenvalue weighted by molar-refractivity contribution is 6.36. The fourth-order valence-electron chi connectivity index (χ4n) is 1.49. The van der Waals surface area contributed by atoms with E-state index >= 15 is 0 Å². The molecule has 2 N–H and O–H groups in total. The molecule has 2 atom stereocenters. The molecule has 0 saturated carbocycles. The van der Waals surface area contributed by atoms with E-state index in [1.54, 1.807) is 18.2 Å². The Kier molecular flexibility index (Phi) is 3.36. The highest BCUT2D eigenvalue weighted by Gasteiger charge is 2.26. The van der Waals surface area contributed by atoms with Crippen molar-refractivity contribution in [3.8, 4) is 0 Å². The first-order chi connectivity index (χ1) is 7.16. The number of anilines is 1. The molecule has 1 aliphatic heterocycles. The summed E-state index contributed by atoms with van der Waals surface area (Å²) in [6, 6.07) is 5.09. The number of halogens is 2. The molecule has 1 aromatic rings. The minimum absolute atomic E-state index is 0.108. The van der Waals surface area contributed by atoms with Crippen molar-refractivity contribution in [1.82, 2.24) is 0 Å². The minimum atomic E-state index is -0.489. The van der Waals surface area contributed by atoms with E-state index in [4.69, 9.17) is 27.9 Å². The molecule has 1 heterocycles. The smallest absolute Gasteiger partial charge is 0.0996 e. The third-order valence-corrected chi connectivity index (χ3v) is 2.87. The summed E-state index contributed by atoms with van der Waals surface area (Å²) in [6.07, 6.45) is -0.489. The predicted molar refractivity (Wildman–Crippen MR) is 60.7 cm³/mol. The molecule has 0 aromatic heterocycles. The Hall–Kier alpha value is -0.480. The molecule has 2 rings (SSSR count). The number of aliphatic hydroxyl groups is 1. The molecule has 1 aromatic carbocycles. The highest BCUT2D eigenvalue weighted by Crippen LogP contribution is 2.26. The number of aliphatic hydroxyl groups excluding tert-OH is 1. The Balaban J connectivity index is 2.10. The maximum Gasteiger partial charge on any atom is 0.0996 e. The van der Waals surface area contributed by atoms with E-state index in [2.05, 4.69) is 5.32 Å². The maximum absolute atomic E-state index is 9.54. The van der Waals surface area contributed by atoms with Crippen LogP contribution < -0.4 is 5.32 Å². The van der Waals surface area contributed by atoms with E-state index in [-0.39, 0.29) is 6.04 Å². The molecule has 0 bridgehead atoms. The zero-order chi connectivity index (χ0) is 10.8. The Morgan fingerprint density at radius 3 is 2.73 bits per heavy atom. The molecular formula is C10H11Cl2NO2. The van der Waals surface area contributed by atoms with Crippen molar-refractivity contribution in [1.29, 1.82) is 0 Å². The van der Waals surface area contributed by atoms with Crippen LogP contribution in [0.25, 0.3) is 0 Å². The van der Waals surface area contributed by atoms with Gasteiger partial charge in [0.1, 0.15) is 0 Å². The number of hydrogen-bond acceptors (Lipinski definition) is 3. The van der Waals surface area contributed by atoms with Gasteiger partial charge < -0.3 is 15.2 Å². The van der Waals surface area contributed by atoms with Crippen LogP contribution in [0.4, 0.5) is 5.69 Å². The molecule has 0 amide bonds. The molecule has 82 valence electrons. The molecular weight excluding hydrogens is 237 g/mol. The average Bonchev–Trinajstić information content (AvgIpc) is 2.57. The van der Waals surface area contributed by atoms with Crippen LogP contribution in [0.15, 0.2) is 18.2 Å². The lowest BCUT2D eigenvalue weighted by Gasteiger charge is -2.16. The average molecular weight is 248 g/mol. The van der Waals surface area contributed by atoms with Crippen molar-refractivity contribution >= 4 is 28.9 Å². The third-order valence-electron chi connectivity index (χ3n) is 2.32. The van der Waals surface area contributed by atoms with Crippen molar-refractivity contribution in [3.63, 3.8) is 0 Å². The van der Waals surface area contributed by atoms with Gasteiger partial charge >= 0.3 is 0 Å². The number of rotatable bonds is 2. The van der Waals surface area contributed by atoms with Crippen molar-refractivity contribution < 1.29 is 9.84 Å². The summed E-state index contributed by atoms with van der Waals surface area (Å²) in [7, 11) is 0. The van der Waals surface area contributed by atoms with Gasteiger partial charge in [0.05, 0.1) is 36.1 Å². The summed E-state index contributed by atoms with van der Waals surface area (Å²) in [4.78, 5) is 0. The number of benzene rings is 1. The van der Waals surface area contributed by atoms with Crippen molar-refractivity contribution in [2.75, 3.05) is 18.5 Å². The Bertz CT molecular complexity index is 359. The second-order valence-corrected chi connectivity index (χ2v) is 4.32. The van der Waals surface area contributed by atoms with Crippen LogP contribution in [0.5, 0.6) is 0 Å². The number of hydrogen-bond donors (Lipinski definition) is 2. The molecule has 5 heteroatoms. The summed E-state index contributed by atoms with van der Waals surface area (Å²) < 4.78 is 5.12. The molecule has 15 heavy (non-hydrogen) atoms. The first-order valence-corrected chi connectivity index (χ1v) is 5.40. The van der Waals surface area contributed by atoms with Gasteiger partial charge in [-0.15, -0.1) is 0 Å². The van der Waals surface area contributed by atoms with Crippen LogP contribution in [-0.4, -0.2) is 30.5 Å². The van der Waals surface area contributed by atoms with E-state index < -0.39 is 6.10 Å². The van der Waals surface area contributed by atoms with E-state index in [1.807, 2.05) is 0 Å². The van der Waals surface area contributed by atoms with Gasteiger partial charge in [-0.3, -0.25) is 0 Å². The molecule has 2 unspecified atom stereocenters. The van der Waals surface area contributed by atoms with E-state index in [1.165, 1.54) is 0 Å². The summed E-state index contributed by atoms with van der Waals surface area (Å²) in [5.41, 5.74) is 0.760. The minimum Gasteiger partial charge on any atom is -0.388 e. The Morgan fingerprint density at radius 2 is 2.13 bits per heavy atom. The maximum atomic E-state index is 9.54. The molecule has 0 radical (unpaired) electrons. The van der Waals surface area contributed by atoms with Gasteiger partial charge in [0.2, 0.25) is 0 Å². The Morgan fingerprint density at radius 1 is 1.33 bits per heavy atom. The molecule has 0 spiro atoms. The van der Waals surface area contributed by atoms with Crippen LogP contribution in [0.2, 0.25) is 10.0 Å². The van der Waals surface area contributed by atoms with Gasteiger partial charge in [-0.05, 0) is 18.2 Å². The topological polar surface area (TPSA) is 41.5 Å². The standard InChI is InChI=1S/C10H11Cl2NO2/c11-6-1-2-8(7(12)3-6)13-9-4-15-5-10(9)14/h1-3,9-10,13-14H,4-5H2. The van der Waals surface area contributed by atoms with Crippen LogP contribution in [-0.2, 0) is 4.74 Å². The fraction of sp³-hybridized carbons (Fsp3) is 0.400. The monoisotopic (exact) mass is 247 g/mol. The summed E-state index contributed by atoms with van der Waals surface area (Å²) in [5.74, 6) is 0. The van der Waals surface area contributed by atoms with Crippen LogP contribution >= 0.6 is 23.2 Å². The molecule has 1 fully saturated rings. The lowest BCUT2D eigenvalue weighted by Crippen LogP contribution is -2.31. The molecule has 1 saturated heterocycles. The summed E-state index contributed by atoms with van der Waals surface area (Å²) >= 11 is 11.8. The lowest BCUT2D eigenvalue weighted by atomic mass is 10.2. The highest BCUT2D eigenvalue weighted by atomic mass is 35.5. The van der Waals surface area contributed by atoms with Crippen molar-refractivity contribution in [2.24, 2.45) is 0 Å². The summed E-state index contributed by atoms with van der Waals surface area (Å²) in [5, 5.41) is 13.8. The number of ether oxygens (including phenoxy) is 1. The zero-order valence-corrected chi connectivity index (χ0v) is 9.42. The number of nitrogens with one attached hydrogen (secondary N) is 1. The van der Waals surface area contributed by atoms with Crippen molar-refractivity contribution in [3.05, 3.63) is 28.2 Å². The van der Waals surface area contributed by atoms with E-state index in [0.29, 0.717) is 23.3 Å². The molecule has 1 aliphatic rings. The zero-order valence-electron chi connectivity index (χ0n) is 7.91. The summed E-state index contributed by atoms with van der Waals surface area (Å²) in [6.45, 7) is 0.850. The van der Waals surface area contributed by atoms with Gasteiger partial charge in [0.25, 0.3) is 0 Å². The quantitative estimate of drug-likeness (QED) is 0.842. The van der Waals surface area contributed by atoms with Gasteiger partial charge in [-0.1, -0.05) is 23.2 Å². The SMILES string of the molecule is OC1COCC1Nc1ccc(Cl)cc1Cl. The predicted octanol–water partition coefficient (Wildman–Crippen LogP) is 2.17. The van der Waals surface area contributed by atoms with Crippen LogP contribution in [0, 0.1) is 0 Å². The van der Waals surface area contributed by atoms with E-state index in [0.717, 1.165) is 5.69 Å². The van der Waals surface area contributed by atoms with Gasteiger partial charge in [0, 0.05) is 5.02 Å². The van der Waals surface area contributed by atoms with Crippen LogP contribution in [0.3, 0.4) is 0 Å². The normalized spacial score (nSPS) is 25.5. The first kappa shape index (κ1) is 11.0. The van der Waals surface area contributed by atoms with Gasteiger partial charge in [-0.2, -0.15) is 0 Å². The lowest BCUT2D eigenvalue weighted by molar-refractivity contribution is 0.125. The molecule has 3 nitrogen and oxygen atoms in total. The largest absolute Gasteiger partial charge is 0.388 e. The first-order valence-electron chi connectivity index (χ1n) is 4.64. The fourth-order valence-corrected chi connectivity index (χ4v) is 1.95. The second-order valence-electron chi connectivity index (χ2n) is 3.48.